The van der Waals surface area contributed by atoms with E-state index >= 15 is 0 Å². The molecule has 3 aromatic rings. The average molecular weight is 896 g/mol. The van der Waals surface area contributed by atoms with Crippen molar-refractivity contribution < 1.29 is 33.8 Å². The fourth-order valence-corrected chi connectivity index (χ4v) is 9.76. The predicted octanol–water partition coefficient (Wildman–Crippen LogP) is 6.63. The number of hydrogen-bond donors (Lipinski definition) is 6. The number of aryl methyl sites for hydroxylation is 1. The van der Waals surface area contributed by atoms with E-state index in [0.29, 0.717) is 0 Å². The average Bonchev–Trinajstić information content (AvgIpc) is 3.30. The zero-order chi connectivity index (χ0) is 46.8. The van der Waals surface area contributed by atoms with Crippen molar-refractivity contribution in [2.24, 2.45) is 5.73 Å². The summed E-state index contributed by atoms with van der Waals surface area (Å²) in [5.41, 5.74) is 10.2. The van der Waals surface area contributed by atoms with Gasteiger partial charge in [0.2, 0.25) is 17.7 Å². The van der Waals surface area contributed by atoms with Gasteiger partial charge in [0.15, 0.2) is 0 Å². The molecule has 2 atom stereocenters. The second kappa shape index (κ2) is 24.7. The monoisotopic (exact) mass is 896 g/mol. The number of carboxylic acid groups (broad SMARTS) is 1. The molecule has 65 heavy (non-hydrogen) atoms. The normalized spacial score (nSPS) is 23.1. The van der Waals surface area contributed by atoms with Gasteiger partial charge in [-0.2, -0.15) is 0 Å². The van der Waals surface area contributed by atoms with Crippen LogP contribution >= 0.6 is 0 Å². The summed E-state index contributed by atoms with van der Waals surface area (Å²) in [6.45, 7) is 6.22. The lowest BCUT2D eigenvalue weighted by molar-refractivity contribution is -0.125. The molecule has 1 aliphatic heterocycles. The third-order valence-corrected chi connectivity index (χ3v) is 13.8. The molecule has 0 aromatic heterocycles. The number of alkyl carbamates (subject to hydrolysis) is 1. The van der Waals surface area contributed by atoms with Crippen LogP contribution in [0.5, 0.6) is 0 Å². The van der Waals surface area contributed by atoms with Gasteiger partial charge in [0.25, 0.3) is 0 Å². The molecule has 2 unspecified atom stereocenters. The zero-order valence-electron chi connectivity index (χ0n) is 39.0. The molecule has 7 N–H and O–H groups in total. The number of primary amides is 1. The van der Waals surface area contributed by atoms with Crippen molar-refractivity contribution in [3.63, 3.8) is 0 Å². The molecule has 6 rings (SSSR count). The Morgan fingerprint density at radius 3 is 1.83 bits per heavy atom. The Balaban J connectivity index is 0.000000244. The van der Waals surface area contributed by atoms with Crippen molar-refractivity contribution >= 4 is 29.9 Å². The summed E-state index contributed by atoms with van der Waals surface area (Å²) in [5.74, 6) is -1.11. The Morgan fingerprint density at radius 2 is 1.28 bits per heavy atom. The standard InChI is InChI=1S/C27H37N3O3.C24H36N4O4/c1-20-10-12-22(13-11-20)18-27(30(3)4)16-14-24(15-17-27)29-25(31)21(2)28-26(32)33-19-23-8-6-5-7-9-23;25-21(29)10-9-20(27-23(31)32)22(30)26-19-11-13-24(14-12-19,28-15-5-2-6-16-28)17-18-7-3-1-4-8-18/h5-13,21,24H,14-19H2,1-4H3,(H,28,32)(H,29,31);1,3-4,7-8,19-20,27H,2,5-6,9-17H2,(H2,25,29)(H,26,30)(H,31,32). The first kappa shape index (κ1) is 50.5. The molecule has 0 radical (unpaired) electrons. The Labute approximate surface area is 385 Å². The number of nitrogens with zero attached hydrogens (tertiary/aromatic N) is 2. The smallest absolute Gasteiger partial charge is 0.408 e. The lowest BCUT2D eigenvalue weighted by Gasteiger charge is -2.50. The van der Waals surface area contributed by atoms with Gasteiger partial charge < -0.3 is 41.7 Å². The summed E-state index contributed by atoms with van der Waals surface area (Å²) >= 11 is 0. The van der Waals surface area contributed by atoms with E-state index in [9.17, 15) is 24.0 Å². The van der Waals surface area contributed by atoms with Gasteiger partial charge in [-0.05, 0) is 141 Å². The number of hydrogen-bond acceptors (Lipinski definition) is 8. The second-order valence-electron chi connectivity index (χ2n) is 18.7. The van der Waals surface area contributed by atoms with E-state index in [1.165, 1.54) is 36.0 Å². The lowest BCUT2D eigenvalue weighted by atomic mass is 9.73. The highest BCUT2D eigenvalue weighted by molar-refractivity contribution is 5.86. The fourth-order valence-electron chi connectivity index (χ4n) is 9.76. The SMILES string of the molecule is Cc1ccc(CC2(N(C)C)CCC(NC(=O)C(C)NC(=O)OCc3ccccc3)CC2)cc1.NC(=O)CCC(NC(=O)O)C(=O)NC1CCC(Cc2ccccc2)(N2CCCCC2)CC1. The molecule has 14 nitrogen and oxygen atoms in total. The summed E-state index contributed by atoms with van der Waals surface area (Å²) in [7, 11) is 4.31. The Bertz CT molecular complexity index is 1960. The molecule has 1 heterocycles. The van der Waals surface area contributed by atoms with E-state index < -0.39 is 30.2 Å². The van der Waals surface area contributed by atoms with Crippen molar-refractivity contribution in [2.75, 3.05) is 27.2 Å². The number of ether oxygens (including phenoxy) is 1. The minimum absolute atomic E-state index is 0.00265. The van der Waals surface area contributed by atoms with Crippen LogP contribution in [-0.2, 0) is 38.6 Å². The number of nitrogens with one attached hydrogen (secondary N) is 4. The van der Waals surface area contributed by atoms with Crippen molar-refractivity contribution in [1.82, 2.24) is 31.1 Å². The van der Waals surface area contributed by atoms with Gasteiger partial charge in [-0.3, -0.25) is 19.3 Å². The van der Waals surface area contributed by atoms with Crippen LogP contribution in [0.3, 0.4) is 0 Å². The maximum Gasteiger partial charge on any atom is 0.408 e. The van der Waals surface area contributed by atoms with Gasteiger partial charge in [0, 0.05) is 29.6 Å². The number of rotatable bonds is 17. The molecule has 1 saturated heterocycles. The highest BCUT2D eigenvalue weighted by Crippen LogP contribution is 2.39. The number of carbonyl (C=O) groups excluding carboxylic acids is 4. The molecule has 3 aromatic carbocycles. The van der Waals surface area contributed by atoms with Crippen LogP contribution < -0.4 is 27.0 Å². The van der Waals surface area contributed by atoms with E-state index in [1.807, 2.05) is 36.4 Å². The highest BCUT2D eigenvalue weighted by atomic mass is 16.5. The molecule has 14 heteroatoms. The number of amides is 5. The largest absolute Gasteiger partial charge is 0.465 e. The van der Waals surface area contributed by atoms with Crippen LogP contribution in [0.15, 0.2) is 84.9 Å². The van der Waals surface area contributed by atoms with Crippen molar-refractivity contribution in [3.8, 4) is 0 Å². The van der Waals surface area contributed by atoms with Gasteiger partial charge in [0.1, 0.15) is 18.7 Å². The van der Waals surface area contributed by atoms with Gasteiger partial charge in [0.05, 0.1) is 0 Å². The van der Waals surface area contributed by atoms with Gasteiger partial charge in [-0.25, -0.2) is 9.59 Å². The molecule has 3 aliphatic rings. The first-order valence-electron chi connectivity index (χ1n) is 23.5. The number of nitrogens with two attached hydrogens (primary N) is 1. The van der Waals surface area contributed by atoms with Gasteiger partial charge in [-0.1, -0.05) is 96.9 Å². The van der Waals surface area contributed by atoms with Crippen molar-refractivity contribution in [1.29, 1.82) is 0 Å². The topological polar surface area (TPSA) is 195 Å². The first-order chi connectivity index (χ1) is 31.1. The maximum absolute atomic E-state index is 12.7. The Kier molecular flexibility index (Phi) is 19.2. The van der Waals surface area contributed by atoms with E-state index in [2.05, 4.69) is 101 Å². The van der Waals surface area contributed by atoms with E-state index in [-0.39, 0.29) is 54.4 Å². The molecule has 0 spiro atoms. The first-order valence-corrected chi connectivity index (χ1v) is 23.5. The van der Waals surface area contributed by atoms with E-state index in [0.717, 1.165) is 82.9 Å². The Hall–Kier alpha value is -5.47. The maximum atomic E-state index is 12.7. The van der Waals surface area contributed by atoms with Crippen molar-refractivity contribution in [3.05, 3.63) is 107 Å². The molecule has 5 amide bonds. The molecule has 3 fully saturated rings. The van der Waals surface area contributed by atoms with Crippen LogP contribution in [0.4, 0.5) is 9.59 Å². The third kappa shape index (κ3) is 15.9. The lowest BCUT2D eigenvalue weighted by Crippen LogP contribution is -2.57. The second-order valence-corrected chi connectivity index (χ2v) is 18.7. The summed E-state index contributed by atoms with van der Waals surface area (Å²) in [4.78, 5) is 64.6. The number of likely N-dealkylation sites (N-methyl/N-ethyl adjacent to an activating group) is 1. The number of piperidine rings is 1. The summed E-state index contributed by atoms with van der Waals surface area (Å²) < 4.78 is 5.22. The quantitative estimate of drug-likeness (QED) is 0.0863. The van der Waals surface area contributed by atoms with Gasteiger partial charge in [-0.15, -0.1) is 0 Å². The minimum Gasteiger partial charge on any atom is -0.465 e. The summed E-state index contributed by atoms with van der Waals surface area (Å²) in [6, 6.07) is 27.4. The summed E-state index contributed by atoms with van der Waals surface area (Å²) in [5, 5.41) is 20.0. The van der Waals surface area contributed by atoms with Crippen LogP contribution in [0.25, 0.3) is 0 Å². The van der Waals surface area contributed by atoms with Crippen molar-refractivity contribution in [2.45, 2.75) is 152 Å². The number of likely N-dealkylation sites (tertiary alicyclic amines) is 1. The molecule has 354 valence electrons. The van der Waals surface area contributed by atoms with Crippen LogP contribution in [0.1, 0.15) is 113 Å². The van der Waals surface area contributed by atoms with E-state index in [1.54, 1.807) is 6.92 Å². The third-order valence-electron chi connectivity index (χ3n) is 13.8. The zero-order valence-corrected chi connectivity index (χ0v) is 39.0. The number of benzene rings is 3. The molecule has 2 saturated carbocycles. The Morgan fingerprint density at radius 1 is 0.738 bits per heavy atom. The van der Waals surface area contributed by atoms with Crippen LogP contribution in [-0.4, -0.2) is 107 Å². The number of carbonyl (C=O) groups is 5. The van der Waals surface area contributed by atoms with Gasteiger partial charge >= 0.3 is 12.2 Å². The fraction of sp³-hybridized carbons (Fsp3) is 0.549. The summed E-state index contributed by atoms with van der Waals surface area (Å²) in [6.07, 6.45) is 11.5. The van der Waals surface area contributed by atoms with Crippen LogP contribution in [0, 0.1) is 6.92 Å². The predicted molar refractivity (Wildman–Crippen MR) is 253 cm³/mol. The molecule has 0 bridgehead atoms. The molecular formula is C51H73N7O7. The van der Waals surface area contributed by atoms with Crippen LogP contribution in [0.2, 0.25) is 0 Å². The minimum atomic E-state index is -1.29. The highest BCUT2D eigenvalue weighted by Gasteiger charge is 2.42. The van der Waals surface area contributed by atoms with E-state index in [4.69, 9.17) is 15.6 Å². The molecule has 2 aliphatic carbocycles. The molecular weight excluding hydrogens is 823 g/mol.